The van der Waals surface area contributed by atoms with E-state index in [1.165, 1.54) is 36.8 Å². The van der Waals surface area contributed by atoms with E-state index in [0.717, 1.165) is 10.7 Å². The molecule has 0 aliphatic heterocycles. The zero-order valence-electron chi connectivity index (χ0n) is 12.0. The van der Waals surface area contributed by atoms with Crippen molar-refractivity contribution < 1.29 is 17.2 Å². The van der Waals surface area contributed by atoms with E-state index in [1.54, 1.807) is 6.07 Å². The van der Waals surface area contributed by atoms with Crippen LogP contribution in [0.15, 0.2) is 53.8 Å². The average Bonchev–Trinajstić information content (AvgIpc) is 3.00. The highest BCUT2D eigenvalue weighted by molar-refractivity contribution is 7.89. The number of benzene rings is 1. The minimum Gasteiger partial charge on any atom is -0.261 e. The van der Waals surface area contributed by atoms with Crippen molar-refractivity contribution in [1.82, 2.24) is 19.7 Å². The minimum atomic E-state index is -4.08. The maximum Gasteiger partial charge on any atom is 0.282 e. The van der Waals surface area contributed by atoms with Gasteiger partial charge in [-0.05, 0) is 18.2 Å². The van der Waals surface area contributed by atoms with E-state index in [1.807, 2.05) is 0 Å². The lowest BCUT2D eigenvalue weighted by atomic mass is 10.2. The van der Waals surface area contributed by atoms with Crippen LogP contribution in [0.3, 0.4) is 0 Å². The number of alkyl halides is 2. The fourth-order valence-electron chi connectivity index (χ4n) is 2.18. The van der Waals surface area contributed by atoms with Gasteiger partial charge in [-0.3, -0.25) is 9.97 Å². The number of primary sulfonamides is 1. The number of nitrogens with two attached hydrogens (primary N) is 1. The molecule has 0 amide bonds. The summed E-state index contributed by atoms with van der Waals surface area (Å²) in [5.41, 5.74) is -0.0250. The minimum absolute atomic E-state index is 0.0487. The first kappa shape index (κ1) is 16.1. The number of nitrogens with zero attached hydrogens (tertiary/aromatic N) is 4. The Hall–Kier alpha value is -2.72. The van der Waals surface area contributed by atoms with Crippen LogP contribution in [0, 0.1) is 0 Å². The van der Waals surface area contributed by atoms with Crippen molar-refractivity contribution in [3.05, 3.63) is 54.6 Å². The van der Waals surface area contributed by atoms with Crippen molar-refractivity contribution in [2.75, 3.05) is 0 Å². The quantitative estimate of drug-likeness (QED) is 0.773. The van der Waals surface area contributed by atoms with Crippen molar-refractivity contribution in [3.8, 4) is 17.1 Å². The second-order valence-corrected chi connectivity index (χ2v) is 6.30. The molecule has 1 aromatic carbocycles. The molecule has 0 fully saturated rings. The Morgan fingerprint density at radius 3 is 2.54 bits per heavy atom. The van der Waals surface area contributed by atoms with E-state index in [2.05, 4.69) is 15.1 Å². The van der Waals surface area contributed by atoms with Gasteiger partial charge < -0.3 is 0 Å². The Morgan fingerprint density at radius 1 is 1.17 bits per heavy atom. The number of hydrogen-bond acceptors (Lipinski definition) is 5. The first-order valence-corrected chi connectivity index (χ1v) is 8.19. The molecule has 0 aliphatic rings. The fourth-order valence-corrected chi connectivity index (χ4v) is 2.89. The Kier molecular flexibility index (Phi) is 4.08. The van der Waals surface area contributed by atoms with Gasteiger partial charge >= 0.3 is 0 Å². The van der Waals surface area contributed by atoms with E-state index in [0.29, 0.717) is 0 Å². The number of para-hydroxylation sites is 1. The number of sulfonamides is 1. The van der Waals surface area contributed by atoms with Crippen LogP contribution >= 0.6 is 0 Å². The van der Waals surface area contributed by atoms with E-state index >= 15 is 0 Å². The van der Waals surface area contributed by atoms with Gasteiger partial charge in [-0.25, -0.2) is 27.0 Å². The molecule has 2 heterocycles. The van der Waals surface area contributed by atoms with Gasteiger partial charge in [0.15, 0.2) is 0 Å². The molecule has 10 heteroatoms. The summed E-state index contributed by atoms with van der Waals surface area (Å²) in [4.78, 5) is 7.70. The molecule has 3 rings (SSSR count). The van der Waals surface area contributed by atoms with Gasteiger partial charge in [-0.2, -0.15) is 5.10 Å². The van der Waals surface area contributed by atoms with Crippen LogP contribution in [0.4, 0.5) is 8.78 Å². The van der Waals surface area contributed by atoms with Gasteiger partial charge in [0, 0.05) is 12.4 Å². The van der Waals surface area contributed by atoms with Gasteiger partial charge in [-0.15, -0.1) is 0 Å². The lowest BCUT2D eigenvalue weighted by molar-refractivity contribution is 0.145. The van der Waals surface area contributed by atoms with Gasteiger partial charge in [0.25, 0.3) is 6.43 Å². The SMILES string of the molecule is NS(=O)(=O)c1ccccc1-n1nc(C(F)F)cc1-c1cnccn1. The van der Waals surface area contributed by atoms with Gasteiger partial charge in [0.2, 0.25) is 10.0 Å². The second kappa shape index (κ2) is 6.06. The molecule has 2 aromatic heterocycles. The maximum absolute atomic E-state index is 13.1. The molecule has 24 heavy (non-hydrogen) atoms. The number of halogens is 2. The number of rotatable bonds is 4. The molecule has 0 atom stereocenters. The zero-order valence-corrected chi connectivity index (χ0v) is 12.9. The Balaban J connectivity index is 2.30. The third kappa shape index (κ3) is 3.01. The summed E-state index contributed by atoms with van der Waals surface area (Å²) in [5.74, 6) is 0. The monoisotopic (exact) mass is 351 g/mol. The number of aromatic nitrogens is 4. The van der Waals surface area contributed by atoms with Crippen molar-refractivity contribution in [2.24, 2.45) is 5.14 Å². The molecule has 0 radical (unpaired) electrons. The molecule has 0 saturated heterocycles. The Morgan fingerprint density at radius 2 is 1.92 bits per heavy atom. The highest BCUT2D eigenvalue weighted by atomic mass is 32.2. The first-order valence-electron chi connectivity index (χ1n) is 6.64. The van der Waals surface area contributed by atoms with E-state index in [-0.39, 0.29) is 22.0 Å². The zero-order chi connectivity index (χ0) is 17.3. The van der Waals surface area contributed by atoms with E-state index < -0.39 is 22.1 Å². The van der Waals surface area contributed by atoms with Crippen molar-refractivity contribution in [2.45, 2.75) is 11.3 Å². The average molecular weight is 351 g/mol. The first-order chi connectivity index (χ1) is 11.4. The van der Waals surface area contributed by atoms with Crippen LogP contribution in [-0.4, -0.2) is 28.2 Å². The standard InChI is InChI=1S/C14H11F2N5O2S/c15-14(16)9-7-12(10-8-18-5-6-19-10)21(20-9)11-3-1-2-4-13(11)24(17,22)23/h1-8,14H,(H2,17,22,23). The van der Waals surface area contributed by atoms with Crippen LogP contribution in [-0.2, 0) is 10.0 Å². The largest absolute Gasteiger partial charge is 0.282 e. The Bertz CT molecular complexity index is 974. The maximum atomic E-state index is 13.1. The topological polar surface area (TPSA) is 104 Å². The molecule has 124 valence electrons. The molecule has 3 aromatic rings. The second-order valence-electron chi connectivity index (χ2n) is 4.77. The summed E-state index contributed by atoms with van der Waals surface area (Å²) in [7, 11) is -4.08. The summed E-state index contributed by atoms with van der Waals surface area (Å²) >= 11 is 0. The molecule has 7 nitrogen and oxygen atoms in total. The lowest BCUT2D eigenvalue weighted by Crippen LogP contribution is -2.16. The summed E-state index contributed by atoms with van der Waals surface area (Å²) in [6, 6.07) is 6.85. The predicted octanol–water partition coefficient (Wildman–Crippen LogP) is 1.91. The molecule has 0 unspecified atom stereocenters. The summed E-state index contributed by atoms with van der Waals surface area (Å²) in [5, 5.41) is 9.01. The van der Waals surface area contributed by atoms with Crippen molar-refractivity contribution in [3.63, 3.8) is 0 Å². The van der Waals surface area contributed by atoms with Crippen molar-refractivity contribution >= 4 is 10.0 Å². The highest BCUT2D eigenvalue weighted by Crippen LogP contribution is 2.29. The van der Waals surface area contributed by atoms with Gasteiger partial charge in [0.1, 0.15) is 16.3 Å². The molecular weight excluding hydrogens is 340 g/mol. The number of hydrogen-bond donors (Lipinski definition) is 1. The van der Waals surface area contributed by atoms with Crippen LogP contribution in [0.5, 0.6) is 0 Å². The van der Waals surface area contributed by atoms with Crippen molar-refractivity contribution in [1.29, 1.82) is 0 Å². The van der Waals surface area contributed by atoms with E-state index in [9.17, 15) is 17.2 Å². The molecule has 0 aliphatic carbocycles. The summed E-state index contributed by atoms with van der Waals surface area (Å²) in [6.07, 6.45) is 1.35. The van der Waals surface area contributed by atoms with Crippen LogP contribution in [0.1, 0.15) is 12.1 Å². The fraction of sp³-hybridized carbons (Fsp3) is 0.0714. The molecule has 0 bridgehead atoms. The smallest absolute Gasteiger partial charge is 0.261 e. The molecular formula is C14H11F2N5O2S. The van der Waals surface area contributed by atoms with Gasteiger partial charge in [0.05, 0.1) is 17.6 Å². The highest BCUT2D eigenvalue weighted by Gasteiger charge is 2.22. The lowest BCUT2D eigenvalue weighted by Gasteiger charge is -2.10. The Labute approximate surface area is 135 Å². The normalized spacial score (nSPS) is 11.8. The molecule has 0 saturated carbocycles. The summed E-state index contributed by atoms with van der Waals surface area (Å²) < 4.78 is 50.8. The molecule has 0 spiro atoms. The van der Waals surface area contributed by atoms with Gasteiger partial charge in [-0.1, -0.05) is 12.1 Å². The predicted molar refractivity (Wildman–Crippen MR) is 80.9 cm³/mol. The summed E-state index contributed by atoms with van der Waals surface area (Å²) in [6.45, 7) is 0. The molecule has 2 N–H and O–H groups in total. The van der Waals surface area contributed by atoms with E-state index in [4.69, 9.17) is 5.14 Å². The van der Waals surface area contributed by atoms with Crippen LogP contribution in [0.2, 0.25) is 0 Å². The third-order valence-electron chi connectivity index (χ3n) is 3.18. The van der Waals surface area contributed by atoms with Crippen LogP contribution in [0.25, 0.3) is 17.1 Å². The van der Waals surface area contributed by atoms with Crippen LogP contribution < -0.4 is 5.14 Å². The third-order valence-corrected chi connectivity index (χ3v) is 4.14.